The van der Waals surface area contributed by atoms with Gasteiger partial charge in [-0.05, 0) is 338 Å². The van der Waals surface area contributed by atoms with E-state index in [1.165, 1.54) is 127 Å². The van der Waals surface area contributed by atoms with E-state index in [0.29, 0.717) is 52.3 Å². The van der Waals surface area contributed by atoms with Crippen LogP contribution in [0, 0.1) is 121 Å². The van der Waals surface area contributed by atoms with Crippen molar-refractivity contribution in [1.29, 1.82) is 0 Å². The van der Waals surface area contributed by atoms with E-state index in [0.717, 1.165) is 188 Å². The lowest BCUT2D eigenvalue weighted by atomic mass is 9.46. The van der Waals surface area contributed by atoms with Gasteiger partial charge in [0, 0.05) is 44.0 Å². The summed E-state index contributed by atoms with van der Waals surface area (Å²) >= 11 is 0. The van der Waals surface area contributed by atoms with Crippen molar-refractivity contribution >= 4 is 5.97 Å². The van der Waals surface area contributed by atoms with Crippen molar-refractivity contribution in [3.8, 4) is 0 Å². The van der Waals surface area contributed by atoms with Crippen LogP contribution >= 0.6 is 0 Å². The Morgan fingerprint density at radius 1 is 0.459 bits per heavy atom. The van der Waals surface area contributed by atoms with E-state index in [9.17, 15) is 30.3 Å². The van der Waals surface area contributed by atoms with Crippen LogP contribution in [0.25, 0.3) is 0 Å². The van der Waals surface area contributed by atoms with Crippen LogP contribution in [0.15, 0.2) is 34.9 Å². The Balaban J connectivity index is 0.000000185. The quantitative estimate of drug-likeness (QED) is 0.0588. The Morgan fingerprint density at radius 3 is 1.09 bits per heavy atom. The zero-order valence-electron chi connectivity index (χ0n) is 63.3. The predicted octanol–water partition coefficient (Wildman–Crippen LogP) is 20.2. The molecule has 0 saturated heterocycles. The first kappa shape index (κ1) is 82.0. The number of carbonyl (C=O) groups is 1. The van der Waals surface area contributed by atoms with Crippen LogP contribution in [0.4, 0.5) is 0 Å². The topological polar surface area (TPSA) is 155 Å². The Bertz CT molecular complexity index is 2730. The average molecular weight is 1370 g/mol. The maximum Gasteiger partial charge on any atom is 0.305 e. The minimum absolute atomic E-state index is 0. The van der Waals surface area contributed by atoms with Crippen LogP contribution in [0.3, 0.4) is 0 Å². The molecular formula is C88H154O10. The van der Waals surface area contributed by atoms with Gasteiger partial charge in [-0.25, -0.2) is 0 Å². The number of methoxy groups -OCH3 is 4. The molecule has 0 aromatic rings. The number of ether oxygens (including phenoxy) is 4. The highest BCUT2D eigenvalue weighted by Gasteiger charge is 2.65. The Labute approximate surface area is 601 Å². The molecule has 0 bridgehead atoms. The maximum absolute atomic E-state index is 11.7. The zero-order valence-corrected chi connectivity index (χ0v) is 63.3. The zero-order chi connectivity index (χ0) is 68.6. The molecule has 13 rings (SSSR count). The Hall–Kier alpha value is -1.63. The molecule has 98 heavy (non-hydrogen) atoms. The van der Waals surface area contributed by atoms with Gasteiger partial charge >= 0.3 is 5.97 Å². The van der Waals surface area contributed by atoms with Gasteiger partial charge in [0.1, 0.15) is 0 Å². The highest BCUT2D eigenvalue weighted by Crippen LogP contribution is 2.72. The van der Waals surface area contributed by atoms with Crippen LogP contribution in [0.5, 0.6) is 0 Å². The molecule has 0 aromatic carbocycles. The summed E-state index contributed by atoms with van der Waals surface area (Å²) in [6.07, 6.45) is 45.2. The van der Waals surface area contributed by atoms with Crippen molar-refractivity contribution in [2.45, 2.75) is 345 Å². The first-order valence-electron chi connectivity index (χ1n) is 40.1. The minimum atomic E-state index is -0.563. The standard InChI is InChI=1S/C30H52O3.C28H46O3.C27H44O4.3CH4/c1-7-29(32,8-2)16-13-21(3)24-11-12-25-23-10-9-22-19-27(4,31)17-18-30(22,20-33-6)26(23)14-15-28(24,25)5;1-19(9-12-27(30)14-15-27)22-7-8-23-21-6-5-20-17-25(2,29)13-16-28(20,18-31-4)24(21)10-11-26(22,23)3;1-18(6-11-24(28)31-5)21-9-10-22-20-8-7-19-16-25(2,29)14-15-27(19,17-30-4)23(20)12-13-26(21,22)3;;;/h9,21,23-26,31-32H,7-8,10-20H2,1-6H3;5,19,21-24,29-30H,6-18H2,1-4H3;7,18,20-23,29H,6,8-17H2,1-5H3;3*1H4/t21-,23+,24-,25+,26+,27+,28-,30-;19-,21+,22-,23+,24+,25+,26-,28-;18-,20+,21-,22+,23+,25+,26-,27-;;;/m111.../s1. The number of hydrogen-bond donors (Lipinski definition) is 5. The van der Waals surface area contributed by atoms with Gasteiger partial charge in [0.15, 0.2) is 0 Å². The predicted molar refractivity (Wildman–Crippen MR) is 403 cm³/mol. The summed E-state index contributed by atoms with van der Waals surface area (Å²) < 4.78 is 22.5. The molecule has 0 heterocycles. The van der Waals surface area contributed by atoms with E-state index < -0.39 is 22.4 Å². The van der Waals surface area contributed by atoms with E-state index in [1.807, 2.05) is 42.1 Å². The number of rotatable bonds is 20. The molecule has 0 aliphatic heterocycles. The van der Waals surface area contributed by atoms with Crippen LogP contribution in [0.2, 0.25) is 0 Å². The average Bonchev–Trinajstić information content (AvgIpc) is 1.30. The van der Waals surface area contributed by atoms with Gasteiger partial charge in [0.05, 0.1) is 54.9 Å². The Kier molecular flexibility index (Phi) is 26.0. The normalized spacial score (nSPS) is 44.6. The highest BCUT2D eigenvalue weighted by molar-refractivity contribution is 5.69. The molecule has 10 heteroatoms. The fraction of sp³-hybridized carbons (Fsp3) is 0.920. The summed E-state index contributed by atoms with van der Waals surface area (Å²) in [5.74, 6) is 11.0. The van der Waals surface area contributed by atoms with Gasteiger partial charge in [-0.15, -0.1) is 0 Å². The van der Waals surface area contributed by atoms with Gasteiger partial charge in [-0.3, -0.25) is 4.79 Å². The lowest BCUT2D eigenvalue weighted by molar-refractivity contribution is -0.141. The fourth-order valence-electron chi connectivity index (χ4n) is 27.4. The molecule has 24 atom stereocenters. The third-order valence-electron chi connectivity index (χ3n) is 33.1. The van der Waals surface area contributed by atoms with E-state index in [4.69, 9.17) is 18.9 Å². The lowest BCUT2D eigenvalue weighted by Gasteiger charge is -2.60. The third kappa shape index (κ3) is 15.2. The Morgan fingerprint density at radius 2 is 0.786 bits per heavy atom. The molecule has 0 spiro atoms. The first-order chi connectivity index (χ1) is 44.8. The monoisotopic (exact) mass is 1370 g/mol. The number of carbonyl (C=O) groups excluding carboxylic acids is 1. The number of hydrogen-bond acceptors (Lipinski definition) is 10. The van der Waals surface area contributed by atoms with Crippen molar-refractivity contribution in [2.24, 2.45) is 121 Å². The molecule has 13 aliphatic carbocycles. The number of allylic oxidation sites excluding steroid dienone is 3. The van der Waals surface area contributed by atoms with Crippen molar-refractivity contribution in [2.75, 3.05) is 48.3 Å². The van der Waals surface area contributed by atoms with Crippen molar-refractivity contribution in [1.82, 2.24) is 0 Å². The number of esters is 1. The van der Waals surface area contributed by atoms with Gasteiger partial charge in [0.2, 0.25) is 0 Å². The largest absolute Gasteiger partial charge is 0.469 e. The van der Waals surface area contributed by atoms with Gasteiger partial charge < -0.3 is 44.5 Å². The highest BCUT2D eigenvalue weighted by atomic mass is 16.5. The molecule has 10 saturated carbocycles. The maximum atomic E-state index is 11.7. The lowest BCUT2D eigenvalue weighted by Crippen LogP contribution is -2.54. The molecule has 5 N–H and O–H groups in total. The summed E-state index contributed by atoms with van der Waals surface area (Å²) in [6, 6.07) is 0. The number of fused-ring (bicyclic) bond motifs is 15. The molecule has 0 amide bonds. The summed E-state index contributed by atoms with van der Waals surface area (Å²) in [5, 5.41) is 53.6. The van der Waals surface area contributed by atoms with E-state index >= 15 is 0 Å². The molecular weight excluding hydrogens is 1220 g/mol. The molecule has 0 unspecified atom stereocenters. The second-order valence-corrected chi connectivity index (χ2v) is 38.3. The first-order valence-corrected chi connectivity index (χ1v) is 40.1. The van der Waals surface area contributed by atoms with Gasteiger partial charge in [-0.2, -0.15) is 0 Å². The van der Waals surface area contributed by atoms with Crippen molar-refractivity contribution in [3.63, 3.8) is 0 Å². The van der Waals surface area contributed by atoms with Gasteiger partial charge in [0.25, 0.3) is 0 Å². The van der Waals surface area contributed by atoms with E-state index in [1.54, 1.807) is 0 Å². The summed E-state index contributed by atoms with van der Waals surface area (Å²) in [4.78, 5) is 11.7. The molecule has 10 nitrogen and oxygen atoms in total. The second kappa shape index (κ2) is 31.1. The van der Waals surface area contributed by atoms with Gasteiger partial charge in [-0.1, -0.05) is 113 Å². The molecule has 0 aromatic heterocycles. The van der Waals surface area contributed by atoms with Crippen LogP contribution in [0.1, 0.15) is 317 Å². The van der Waals surface area contributed by atoms with Crippen LogP contribution in [-0.2, 0) is 23.7 Å². The second-order valence-electron chi connectivity index (χ2n) is 38.3. The summed E-state index contributed by atoms with van der Waals surface area (Å²) in [7, 11) is 7.09. The molecule has 0 radical (unpaired) electrons. The van der Waals surface area contributed by atoms with Crippen molar-refractivity contribution < 1.29 is 49.3 Å². The number of aliphatic hydroxyl groups is 5. The summed E-state index contributed by atoms with van der Waals surface area (Å²) in [6.45, 7) is 27.9. The third-order valence-corrected chi connectivity index (χ3v) is 33.1. The fourth-order valence-corrected chi connectivity index (χ4v) is 27.4. The van der Waals surface area contributed by atoms with E-state index in [-0.39, 0.29) is 50.1 Å². The minimum Gasteiger partial charge on any atom is -0.469 e. The molecule has 13 aliphatic rings. The molecule has 566 valence electrons. The molecule has 10 fully saturated rings. The van der Waals surface area contributed by atoms with Crippen molar-refractivity contribution in [3.05, 3.63) is 34.9 Å². The summed E-state index contributed by atoms with van der Waals surface area (Å²) in [5.41, 5.74) is 3.82. The SMILES string of the molecule is C.C.C.CCC(O)(CC)CC[C@@H](C)[C@H]1CC[C@H]2[C@@H]3CC=C4C[C@@](C)(O)CC[C@]4(COC)[C@H]3CC[C@]12C.COC[C@]12CC[C@](C)(O)CC1=CC[C@@H]1[C@@H]2CC[C@]2(C)[C@@H]([C@H](C)CCC(=O)OC)CC[C@@H]12.COC[C@]12CC[C@](C)(O)CC1=CC[C@@H]1[C@@H]2CC[C@]2(C)[C@@H]([C@H](C)CCC3(O)CC3)CC[C@@H]12. The van der Waals surface area contributed by atoms with E-state index in [2.05, 4.69) is 73.6 Å². The van der Waals surface area contributed by atoms with Crippen LogP contribution in [-0.4, -0.2) is 108 Å². The smallest absolute Gasteiger partial charge is 0.305 e. The van der Waals surface area contributed by atoms with Crippen LogP contribution < -0.4 is 0 Å².